The Balaban J connectivity index is 1.50. The number of aromatic nitrogens is 1. The minimum atomic E-state index is -3.87. The molecule has 1 aromatic heterocycles. The number of anilines is 1. The summed E-state index contributed by atoms with van der Waals surface area (Å²) in [6.45, 7) is 7.72. The number of thiazole rings is 1. The first-order valence-corrected chi connectivity index (χ1v) is 13.0. The third-order valence-electron chi connectivity index (χ3n) is 5.69. The molecule has 0 N–H and O–H groups in total. The van der Waals surface area contributed by atoms with E-state index in [2.05, 4.69) is 37.8 Å². The Bertz CT molecular complexity index is 1310. The number of sulfonamides is 1. The van der Waals surface area contributed by atoms with Gasteiger partial charge in [-0.1, -0.05) is 29.3 Å². The van der Waals surface area contributed by atoms with Gasteiger partial charge in [-0.3, -0.25) is 10.1 Å². The number of benzene rings is 2. The van der Waals surface area contributed by atoms with Gasteiger partial charge in [0.1, 0.15) is 5.02 Å². The average Bonchev–Trinajstić information content (AvgIpc) is 3.22. The van der Waals surface area contributed by atoms with Crippen LogP contribution in [0.1, 0.15) is 16.7 Å². The molecule has 1 fully saturated rings. The van der Waals surface area contributed by atoms with Gasteiger partial charge in [0.15, 0.2) is 5.13 Å². The molecule has 3 aromatic rings. The van der Waals surface area contributed by atoms with Crippen molar-refractivity contribution in [1.82, 2.24) is 9.29 Å². The van der Waals surface area contributed by atoms with Gasteiger partial charge in [-0.2, -0.15) is 4.31 Å². The molecule has 1 aliphatic heterocycles. The fourth-order valence-electron chi connectivity index (χ4n) is 4.17. The summed E-state index contributed by atoms with van der Waals surface area (Å²) in [6, 6.07) is 7.85. The van der Waals surface area contributed by atoms with Gasteiger partial charge in [-0.05, 0) is 44.0 Å². The van der Waals surface area contributed by atoms with E-state index in [1.807, 2.05) is 5.38 Å². The van der Waals surface area contributed by atoms with E-state index >= 15 is 0 Å². The quantitative estimate of drug-likeness (QED) is 0.364. The molecule has 0 saturated carbocycles. The van der Waals surface area contributed by atoms with Gasteiger partial charge in [0.05, 0.1) is 15.5 Å². The van der Waals surface area contributed by atoms with Gasteiger partial charge < -0.3 is 4.90 Å². The first-order valence-electron chi connectivity index (χ1n) is 10.3. The molecule has 1 aliphatic rings. The van der Waals surface area contributed by atoms with Crippen molar-refractivity contribution in [2.45, 2.75) is 25.7 Å². The number of nitrogens with zero attached hydrogens (tertiary/aromatic N) is 4. The highest BCUT2D eigenvalue weighted by Crippen LogP contribution is 2.33. The van der Waals surface area contributed by atoms with Crippen LogP contribution in [-0.4, -0.2) is 48.8 Å². The number of halogens is 1. The van der Waals surface area contributed by atoms with Crippen LogP contribution in [0.25, 0.3) is 11.3 Å². The number of nitro groups is 1. The van der Waals surface area contributed by atoms with Crippen molar-refractivity contribution in [2.24, 2.45) is 0 Å². The predicted molar refractivity (Wildman–Crippen MR) is 131 cm³/mol. The van der Waals surface area contributed by atoms with Gasteiger partial charge in [-0.25, -0.2) is 13.4 Å². The van der Waals surface area contributed by atoms with Crippen LogP contribution in [0.2, 0.25) is 5.02 Å². The first-order chi connectivity index (χ1) is 15.6. The fraction of sp³-hybridized carbons (Fsp3) is 0.318. The highest BCUT2D eigenvalue weighted by atomic mass is 35.5. The summed E-state index contributed by atoms with van der Waals surface area (Å²) in [7, 11) is -3.87. The molecular weight excluding hydrogens is 484 g/mol. The minimum absolute atomic E-state index is 0.0950. The van der Waals surface area contributed by atoms with Gasteiger partial charge in [-0.15, -0.1) is 11.3 Å². The Labute approximate surface area is 201 Å². The standard InChI is InChI=1S/C22H23ClN4O4S2/c1-14-10-15(2)21(16(3)11-14)19-13-32-22(24-19)25-6-8-26(9-7-25)33(30,31)17-4-5-18(23)20(12-17)27(28)29/h4-5,10-13H,6-9H2,1-3H3. The van der Waals surface area contributed by atoms with Crippen molar-refractivity contribution >= 4 is 43.8 Å². The molecule has 0 bridgehead atoms. The van der Waals surface area contributed by atoms with Gasteiger partial charge in [0.2, 0.25) is 10.0 Å². The molecule has 0 spiro atoms. The van der Waals surface area contributed by atoms with Crippen LogP contribution in [0.15, 0.2) is 40.6 Å². The molecule has 11 heteroatoms. The second-order valence-electron chi connectivity index (χ2n) is 8.05. The van der Waals surface area contributed by atoms with E-state index in [0.29, 0.717) is 13.1 Å². The molecule has 0 aliphatic carbocycles. The monoisotopic (exact) mass is 506 g/mol. The molecule has 0 atom stereocenters. The van der Waals surface area contributed by atoms with E-state index in [1.165, 1.54) is 33.1 Å². The second-order valence-corrected chi connectivity index (χ2v) is 11.2. The number of nitro benzene ring substituents is 1. The van der Waals surface area contributed by atoms with Crippen molar-refractivity contribution in [3.8, 4) is 11.3 Å². The maximum Gasteiger partial charge on any atom is 0.289 e. The van der Waals surface area contributed by atoms with E-state index in [9.17, 15) is 18.5 Å². The zero-order chi connectivity index (χ0) is 23.9. The molecular formula is C22H23ClN4O4S2. The lowest BCUT2D eigenvalue weighted by molar-refractivity contribution is -0.384. The highest BCUT2D eigenvalue weighted by molar-refractivity contribution is 7.89. The summed E-state index contributed by atoms with van der Waals surface area (Å²) in [4.78, 5) is 17.2. The molecule has 174 valence electrons. The molecule has 0 unspecified atom stereocenters. The van der Waals surface area contributed by atoms with E-state index in [0.717, 1.165) is 22.5 Å². The number of aryl methyl sites for hydroxylation is 3. The number of rotatable bonds is 5. The van der Waals surface area contributed by atoms with Crippen molar-refractivity contribution in [1.29, 1.82) is 0 Å². The molecule has 2 aromatic carbocycles. The summed E-state index contributed by atoms with van der Waals surface area (Å²) in [5.41, 5.74) is 5.21. The van der Waals surface area contributed by atoms with Crippen molar-refractivity contribution < 1.29 is 13.3 Å². The zero-order valence-electron chi connectivity index (χ0n) is 18.4. The van der Waals surface area contributed by atoms with Gasteiger partial charge in [0.25, 0.3) is 5.69 Å². The second kappa shape index (κ2) is 9.02. The van der Waals surface area contributed by atoms with E-state index < -0.39 is 20.6 Å². The Morgan fingerprint density at radius 1 is 1.06 bits per heavy atom. The predicted octanol–water partition coefficient (Wildman–Crippen LogP) is 4.81. The largest absolute Gasteiger partial charge is 0.345 e. The first kappa shape index (κ1) is 23.6. The summed E-state index contributed by atoms with van der Waals surface area (Å²) >= 11 is 7.37. The Hall–Kier alpha value is -2.53. The van der Waals surface area contributed by atoms with E-state index in [1.54, 1.807) is 11.3 Å². The number of piperazine rings is 1. The van der Waals surface area contributed by atoms with Crippen molar-refractivity contribution in [3.63, 3.8) is 0 Å². The summed E-state index contributed by atoms with van der Waals surface area (Å²) in [5, 5.41) is 13.9. The van der Waals surface area contributed by atoms with Crippen LogP contribution in [0.4, 0.5) is 10.8 Å². The summed E-state index contributed by atoms with van der Waals surface area (Å²) in [5.74, 6) is 0. The molecule has 8 nitrogen and oxygen atoms in total. The lowest BCUT2D eigenvalue weighted by Gasteiger charge is -2.33. The fourth-order valence-corrected chi connectivity index (χ4v) is 6.67. The van der Waals surface area contributed by atoms with Gasteiger partial charge in [0, 0.05) is 43.2 Å². The topological polar surface area (TPSA) is 96.7 Å². The third kappa shape index (κ3) is 4.61. The smallest absolute Gasteiger partial charge is 0.289 e. The van der Waals surface area contributed by atoms with Crippen LogP contribution in [0.3, 0.4) is 0 Å². The Morgan fingerprint density at radius 2 is 1.70 bits per heavy atom. The normalized spacial score (nSPS) is 15.1. The van der Waals surface area contributed by atoms with Gasteiger partial charge >= 0.3 is 0 Å². The van der Waals surface area contributed by atoms with E-state index in [-0.39, 0.29) is 23.0 Å². The minimum Gasteiger partial charge on any atom is -0.345 e. The Morgan fingerprint density at radius 3 is 2.30 bits per heavy atom. The maximum absolute atomic E-state index is 13.0. The third-order valence-corrected chi connectivity index (χ3v) is 8.80. The Kier molecular flexibility index (Phi) is 6.45. The van der Waals surface area contributed by atoms with Crippen molar-refractivity contribution in [3.05, 3.63) is 67.5 Å². The molecule has 4 rings (SSSR count). The SMILES string of the molecule is Cc1cc(C)c(-c2csc(N3CCN(S(=O)(=O)c4ccc(Cl)c([N+](=O)[O-])c4)CC3)n2)c(C)c1. The molecule has 1 saturated heterocycles. The van der Waals surface area contributed by atoms with E-state index in [4.69, 9.17) is 16.6 Å². The summed E-state index contributed by atoms with van der Waals surface area (Å²) in [6.07, 6.45) is 0. The molecule has 2 heterocycles. The highest BCUT2D eigenvalue weighted by Gasteiger charge is 2.31. The maximum atomic E-state index is 13.0. The number of hydrogen-bond acceptors (Lipinski definition) is 7. The lowest BCUT2D eigenvalue weighted by Crippen LogP contribution is -2.48. The molecule has 33 heavy (non-hydrogen) atoms. The van der Waals surface area contributed by atoms with Crippen LogP contribution < -0.4 is 4.90 Å². The molecule has 0 radical (unpaired) electrons. The molecule has 0 amide bonds. The van der Waals surface area contributed by atoms with Crippen LogP contribution in [-0.2, 0) is 10.0 Å². The summed E-state index contributed by atoms with van der Waals surface area (Å²) < 4.78 is 27.4. The van der Waals surface area contributed by atoms with Crippen molar-refractivity contribution in [2.75, 3.05) is 31.1 Å². The van der Waals surface area contributed by atoms with Crippen LogP contribution in [0.5, 0.6) is 0 Å². The lowest BCUT2D eigenvalue weighted by atomic mass is 9.98. The van der Waals surface area contributed by atoms with Crippen LogP contribution in [0, 0.1) is 30.9 Å². The van der Waals surface area contributed by atoms with Crippen LogP contribution >= 0.6 is 22.9 Å². The number of hydrogen-bond donors (Lipinski definition) is 0. The average molecular weight is 507 g/mol. The zero-order valence-corrected chi connectivity index (χ0v) is 20.8.